The van der Waals surface area contributed by atoms with Crippen LogP contribution in [-0.2, 0) is 49.8 Å². The Hall–Kier alpha value is -6.75. The summed E-state index contributed by atoms with van der Waals surface area (Å²) in [5.41, 5.74) is 4.21. The van der Waals surface area contributed by atoms with Crippen LogP contribution < -0.4 is 20.1 Å². The largest absolute Gasteiger partial charge is 0.543 e. The van der Waals surface area contributed by atoms with Gasteiger partial charge in [-0.05, 0) is 122 Å². The topological polar surface area (TPSA) is 197 Å². The van der Waals surface area contributed by atoms with Gasteiger partial charge in [0, 0.05) is 69.4 Å². The van der Waals surface area contributed by atoms with Gasteiger partial charge in [0.1, 0.15) is 42.4 Å². The monoisotopic (exact) mass is 1200 g/mol. The van der Waals surface area contributed by atoms with Crippen LogP contribution in [0.4, 0.5) is 32.8 Å². The second kappa shape index (κ2) is 26.9. The van der Waals surface area contributed by atoms with Crippen molar-refractivity contribution in [1.29, 1.82) is 0 Å². The number of alkyl halides is 3. The van der Waals surface area contributed by atoms with Crippen LogP contribution in [0.25, 0.3) is 33.3 Å². The summed E-state index contributed by atoms with van der Waals surface area (Å²) in [6.45, 7) is 22.6. The van der Waals surface area contributed by atoms with Gasteiger partial charge in [0.25, 0.3) is 14.2 Å². The number of hydrogen-bond acceptors (Lipinski definition) is 12. The van der Waals surface area contributed by atoms with Crippen molar-refractivity contribution in [3.8, 4) is 28.1 Å². The number of aliphatic carboxylic acids is 1. The van der Waals surface area contributed by atoms with E-state index in [1.165, 1.54) is 18.2 Å². The lowest BCUT2D eigenvalue weighted by atomic mass is 9.84. The number of nitrogens with zero attached hydrogens (tertiary/aromatic N) is 5. The van der Waals surface area contributed by atoms with E-state index in [0.717, 1.165) is 16.2 Å². The summed E-state index contributed by atoms with van der Waals surface area (Å²) in [4.78, 5) is 62.0. The quantitative estimate of drug-likeness (QED) is 0.0400. The molecule has 0 aliphatic carbocycles. The molecule has 2 fully saturated rings. The predicted molar refractivity (Wildman–Crippen MR) is 321 cm³/mol. The maximum absolute atomic E-state index is 17.8. The SMILES string of the molecule is CO[C@@H](C)c1ncc(N2CCN(C(=O)OCc3ccccc3)CC2)cc1-c1c(CC(C)(C)CO)c2cc(-c3cc(C[C@H](NC(=O)OC(C)(C)C)C(=O)N4CCC[C@@H](C(=O)O)N4)cc(O[Si](C(C)C)(C(C)C)C(C)C)c3)c(F)cc2n1CC(F)(F)F. The molecule has 17 nitrogen and oxygen atoms in total. The molecule has 4 N–H and O–H groups in total. The van der Waals surface area contributed by atoms with Gasteiger partial charge in [0.15, 0.2) is 0 Å². The maximum Gasteiger partial charge on any atom is 0.410 e. The molecule has 0 bridgehead atoms. The lowest BCUT2D eigenvalue weighted by Crippen LogP contribution is -2.60. The van der Waals surface area contributed by atoms with E-state index in [2.05, 4.69) is 52.3 Å². The smallest absolute Gasteiger partial charge is 0.410 e. The molecule has 5 aromatic rings. The van der Waals surface area contributed by atoms with Crippen molar-refractivity contribution in [2.24, 2.45) is 5.41 Å². The van der Waals surface area contributed by atoms with E-state index in [1.807, 2.05) is 35.2 Å². The normalized spacial score (nSPS) is 16.3. The zero-order valence-corrected chi connectivity index (χ0v) is 52.3. The Kier molecular flexibility index (Phi) is 20.8. The number of aliphatic hydroxyl groups excluding tert-OH is 1. The summed E-state index contributed by atoms with van der Waals surface area (Å²) in [5.74, 6) is -2.32. The number of carbonyl (C=O) groups is 4. The second-order valence-corrected chi connectivity index (χ2v) is 30.6. The lowest BCUT2D eigenvalue weighted by molar-refractivity contribution is -0.147. The molecule has 0 saturated carbocycles. The van der Waals surface area contributed by atoms with E-state index in [1.54, 1.807) is 76.9 Å². The fraction of sp³-hybridized carbons (Fsp3) is 0.540. The molecule has 2 aromatic heterocycles. The number of anilines is 1. The first-order valence-electron chi connectivity index (χ1n) is 29.2. The molecule has 7 rings (SSSR count). The van der Waals surface area contributed by atoms with Crippen LogP contribution in [0.2, 0.25) is 16.6 Å². The highest BCUT2D eigenvalue weighted by Crippen LogP contribution is 2.47. The van der Waals surface area contributed by atoms with Gasteiger partial charge in [-0.25, -0.2) is 19.4 Å². The molecule has 2 aliphatic rings. The number of fused-ring (bicyclic) bond motifs is 1. The zero-order chi connectivity index (χ0) is 62.5. The number of nitrogens with one attached hydrogen (secondary N) is 2. The van der Waals surface area contributed by atoms with Gasteiger partial charge in [0.05, 0.1) is 34.9 Å². The molecule has 0 unspecified atom stereocenters. The van der Waals surface area contributed by atoms with Crippen LogP contribution in [0.1, 0.15) is 124 Å². The van der Waals surface area contributed by atoms with Gasteiger partial charge in [-0.1, -0.05) is 91.8 Å². The number of hydrazine groups is 1. The first-order valence-corrected chi connectivity index (χ1v) is 31.4. The third-order valence-corrected chi connectivity index (χ3v) is 22.1. The summed E-state index contributed by atoms with van der Waals surface area (Å²) in [7, 11) is -1.33. The number of rotatable bonds is 21. The highest BCUT2D eigenvalue weighted by Gasteiger charge is 2.47. The van der Waals surface area contributed by atoms with E-state index in [9.17, 15) is 29.4 Å². The molecule has 22 heteroatoms. The fourth-order valence-corrected chi connectivity index (χ4v) is 17.2. The summed E-state index contributed by atoms with van der Waals surface area (Å²) in [5, 5.41) is 25.0. The van der Waals surface area contributed by atoms with Gasteiger partial charge in [-0.15, -0.1) is 0 Å². The van der Waals surface area contributed by atoms with Crippen LogP contribution in [0.15, 0.2) is 72.9 Å². The van der Waals surface area contributed by atoms with Crippen molar-refractivity contribution in [3.63, 3.8) is 0 Å². The number of amides is 3. The Morgan fingerprint density at radius 2 is 1.51 bits per heavy atom. The van der Waals surface area contributed by atoms with E-state index >= 15 is 17.6 Å². The van der Waals surface area contributed by atoms with Crippen LogP contribution in [0, 0.1) is 11.2 Å². The number of aliphatic hydroxyl groups is 1. The molecule has 4 heterocycles. The molecule has 0 spiro atoms. The third kappa shape index (κ3) is 15.8. The molecule has 2 aliphatic heterocycles. The first kappa shape index (κ1) is 65.8. The first-order chi connectivity index (χ1) is 39.8. The van der Waals surface area contributed by atoms with Crippen molar-refractivity contribution < 1.29 is 65.6 Å². The number of carboxylic acid groups (broad SMARTS) is 1. The highest BCUT2D eigenvalue weighted by atomic mass is 28.4. The van der Waals surface area contributed by atoms with Gasteiger partial charge in [-0.2, -0.15) is 13.2 Å². The van der Waals surface area contributed by atoms with Crippen molar-refractivity contribution in [1.82, 2.24) is 30.2 Å². The summed E-state index contributed by atoms with van der Waals surface area (Å²) in [6, 6.07) is 16.4. The number of carboxylic acids is 1. The number of carbonyl (C=O) groups excluding carboxylic acids is 3. The Balaban J connectivity index is 1.43. The van der Waals surface area contributed by atoms with Gasteiger partial charge in [-0.3, -0.25) is 19.6 Å². The number of ether oxygens (including phenoxy) is 3. The molecule has 464 valence electrons. The molecule has 0 radical (unpaired) electrons. The molecule has 3 amide bonds. The van der Waals surface area contributed by atoms with Crippen LogP contribution >= 0.6 is 0 Å². The number of halogens is 4. The fourth-order valence-electron chi connectivity index (χ4n) is 12.0. The van der Waals surface area contributed by atoms with E-state index in [0.29, 0.717) is 53.3 Å². The molecular weight excluding hydrogens is 1120 g/mol. The number of alkyl carbamates (subject to hydrolysis) is 1. The lowest BCUT2D eigenvalue weighted by Gasteiger charge is -2.42. The standard InChI is InChI=1S/C63H85F4N7O10Si/c1-38(2)85(39(3)4,40(5)6)84-46-27-43(28-53(69-59(79)83-61(8,9)10)57(76)74-21-17-20-52(70-74)58(77)78)26-44(29-46)47-31-48-50(33-62(11,12)37-75)56(73(36-63(65,66)67)54(48)32-51(47)64)49-30-45(34-68-55(49)41(7)81-13)71-22-24-72(25-23-71)60(80)82-35-42-18-15-14-16-19-42/h14-16,18-19,26-27,29-32,34,38-41,52-53,70,75H,17,20-25,28,33,35-37H2,1-13H3,(H,69,79)(H,77,78)/t41-,52-,53-/m0/s1. The minimum atomic E-state index is -4.82. The number of pyridine rings is 1. The van der Waals surface area contributed by atoms with Crippen molar-refractivity contribution in [2.75, 3.05) is 51.3 Å². The minimum Gasteiger partial charge on any atom is -0.543 e. The molecular formula is C63H85F4N7O10Si. The number of benzene rings is 3. The summed E-state index contributed by atoms with van der Waals surface area (Å²) < 4.78 is 89.1. The minimum absolute atomic E-state index is 0.00799. The van der Waals surface area contributed by atoms with Crippen LogP contribution in [-0.4, -0.2) is 132 Å². The van der Waals surface area contributed by atoms with E-state index in [4.69, 9.17) is 23.6 Å². The van der Waals surface area contributed by atoms with Gasteiger partial charge in [0.2, 0.25) is 0 Å². The molecule has 3 atom stereocenters. The molecule has 2 saturated heterocycles. The van der Waals surface area contributed by atoms with E-state index in [-0.39, 0.29) is 96.5 Å². The van der Waals surface area contributed by atoms with Crippen LogP contribution in [0.3, 0.4) is 0 Å². The van der Waals surface area contributed by atoms with Crippen molar-refractivity contribution >= 4 is 49.0 Å². The van der Waals surface area contributed by atoms with Gasteiger partial charge >= 0.3 is 24.3 Å². The van der Waals surface area contributed by atoms with E-state index < -0.39 is 80.1 Å². The Morgan fingerprint density at radius 1 is 0.847 bits per heavy atom. The van der Waals surface area contributed by atoms with Crippen molar-refractivity contribution in [3.05, 3.63) is 101 Å². The average molecular weight is 1200 g/mol. The molecule has 85 heavy (non-hydrogen) atoms. The summed E-state index contributed by atoms with van der Waals surface area (Å²) in [6.07, 6.45) is -4.88. The number of aromatic nitrogens is 2. The number of piperazine rings is 1. The molecule has 3 aromatic carbocycles. The third-order valence-electron chi connectivity index (χ3n) is 16.1. The summed E-state index contributed by atoms with van der Waals surface area (Å²) >= 11 is 0. The number of methoxy groups -OCH3 is 1. The predicted octanol–water partition coefficient (Wildman–Crippen LogP) is 12.4. The van der Waals surface area contributed by atoms with Gasteiger partial charge < -0.3 is 48.5 Å². The second-order valence-electron chi connectivity index (χ2n) is 25.2. The van der Waals surface area contributed by atoms with Crippen molar-refractivity contribution in [2.45, 2.75) is 169 Å². The zero-order valence-electron chi connectivity index (χ0n) is 51.3. The maximum atomic E-state index is 17.8. The van der Waals surface area contributed by atoms with Crippen LogP contribution in [0.5, 0.6) is 5.75 Å². The Morgan fingerprint density at radius 3 is 2.09 bits per heavy atom. The number of hydrogen-bond donors (Lipinski definition) is 4. The Labute approximate surface area is 497 Å². The Bertz CT molecular complexity index is 3150. The average Bonchev–Trinajstić information content (AvgIpc) is 2.11. The highest BCUT2D eigenvalue weighted by molar-refractivity contribution is 6.78.